The number of nitrogens with zero attached hydrogens (tertiary/aromatic N) is 1. The summed E-state index contributed by atoms with van der Waals surface area (Å²) in [7, 11) is 0. The Bertz CT molecular complexity index is 644. The smallest absolute Gasteiger partial charge is 0.265 e. The molecule has 6 heteroatoms. The molecule has 0 aromatic heterocycles. The molecule has 0 heterocycles. The van der Waals surface area contributed by atoms with Crippen molar-refractivity contribution in [1.82, 2.24) is 0 Å². The van der Waals surface area contributed by atoms with Crippen LogP contribution in [0.3, 0.4) is 0 Å². The predicted molar refractivity (Wildman–Crippen MR) is 80.0 cm³/mol. The van der Waals surface area contributed by atoms with Crippen molar-refractivity contribution in [2.24, 2.45) is 5.16 Å². The fraction of sp³-hybridized carbons (Fsp3) is 0.0667. The van der Waals surface area contributed by atoms with Gasteiger partial charge in [-0.25, -0.2) is 4.39 Å². The summed E-state index contributed by atoms with van der Waals surface area (Å²) in [6.07, 6.45) is 1.21. The molecule has 4 nitrogen and oxygen atoms in total. The minimum atomic E-state index is -0.407. The van der Waals surface area contributed by atoms with Gasteiger partial charge in [-0.3, -0.25) is 4.79 Å². The van der Waals surface area contributed by atoms with Crippen molar-refractivity contribution in [2.75, 3.05) is 11.9 Å². The summed E-state index contributed by atoms with van der Waals surface area (Å²) >= 11 is 5.73. The molecule has 1 N–H and O–H groups in total. The quantitative estimate of drug-likeness (QED) is 0.679. The fourth-order valence-corrected chi connectivity index (χ4v) is 1.63. The molecule has 21 heavy (non-hydrogen) atoms. The standard InChI is InChI=1S/C15H12ClFN2O2/c16-12-5-7-13(8-6-12)19-15(20)10-21-18-9-11-3-1-2-4-14(11)17/h1-9H,10H2,(H,19,20)/b18-9-. The molecule has 0 aliphatic carbocycles. The largest absolute Gasteiger partial charge is 0.386 e. The molecule has 0 saturated heterocycles. The highest BCUT2D eigenvalue weighted by molar-refractivity contribution is 6.30. The van der Waals surface area contributed by atoms with Crippen LogP contribution in [0.2, 0.25) is 5.02 Å². The van der Waals surface area contributed by atoms with Crippen LogP contribution < -0.4 is 5.32 Å². The number of carbonyl (C=O) groups excluding carboxylic acids is 1. The lowest BCUT2D eigenvalue weighted by atomic mass is 10.2. The van der Waals surface area contributed by atoms with Gasteiger partial charge in [0.15, 0.2) is 6.61 Å². The lowest BCUT2D eigenvalue weighted by Gasteiger charge is -2.04. The Morgan fingerprint density at radius 3 is 2.67 bits per heavy atom. The van der Waals surface area contributed by atoms with E-state index in [1.165, 1.54) is 12.3 Å². The topological polar surface area (TPSA) is 50.7 Å². The summed E-state index contributed by atoms with van der Waals surface area (Å²) in [5.74, 6) is -0.779. The van der Waals surface area contributed by atoms with E-state index in [0.29, 0.717) is 10.7 Å². The molecule has 0 radical (unpaired) electrons. The van der Waals surface area contributed by atoms with Crippen molar-refractivity contribution in [3.05, 3.63) is 64.9 Å². The molecule has 0 unspecified atom stereocenters. The molecule has 108 valence electrons. The van der Waals surface area contributed by atoms with Crippen molar-refractivity contribution in [3.63, 3.8) is 0 Å². The average molecular weight is 307 g/mol. The van der Waals surface area contributed by atoms with E-state index in [1.54, 1.807) is 42.5 Å². The summed E-state index contributed by atoms with van der Waals surface area (Å²) in [4.78, 5) is 16.4. The lowest BCUT2D eigenvalue weighted by Crippen LogP contribution is -2.16. The molecule has 1 amide bonds. The Labute approximate surface area is 126 Å². The van der Waals surface area contributed by atoms with Gasteiger partial charge in [-0.2, -0.15) is 0 Å². The first-order valence-electron chi connectivity index (χ1n) is 6.10. The van der Waals surface area contributed by atoms with Gasteiger partial charge in [0.05, 0.1) is 6.21 Å². The Balaban J connectivity index is 1.79. The molecule has 2 rings (SSSR count). The van der Waals surface area contributed by atoms with Crippen LogP contribution in [0.25, 0.3) is 0 Å². The second kappa shape index (κ2) is 7.40. The molecule has 0 aliphatic heterocycles. The van der Waals surface area contributed by atoms with Crippen molar-refractivity contribution in [1.29, 1.82) is 0 Å². The monoisotopic (exact) mass is 306 g/mol. The minimum Gasteiger partial charge on any atom is -0.386 e. The second-order valence-corrected chi connectivity index (χ2v) is 4.52. The first-order chi connectivity index (χ1) is 10.1. The van der Waals surface area contributed by atoms with Crippen LogP contribution in [-0.4, -0.2) is 18.7 Å². The zero-order valence-electron chi connectivity index (χ0n) is 10.9. The first kappa shape index (κ1) is 15.0. The number of hydrogen-bond acceptors (Lipinski definition) is 3. The molecular weight excluding hydrogens is 295 g/mol. The van der Waals surface area contributed by atoms with Crippen LogP contribution in [0.4, 0.5) is 10.1 Å². The number of amides is 1. The van der Waals surface area contributed by atoms with Gasteiger partial charge in [-0.1, -0.05) is 35.0 Å². The highest BCUT2D eigenvalue weighted by atomic mass is 35.5. The van der Waals surface area contributed by atoms with Gasteiger partial charge in [0.1, 0.15) is 5.82 Å². The highest BCUT2D eigenvalue weighted by Gasteiger charge is 2.02. The summed E-state index contributed by atoms with van der Waals surface area (Å²) in [5.41, 5.74) is 0.890. The summed E-state index contributed by atoms with van der Waals surface area (Å²) in [6.45, 7) is -0.270. The Hall–Kier alpha value is -2.40. The van der Waals surface area contributed by atoms with Crippen LogP contribution in [-0.2, 0) is 9.63 Å². The number of anilines is 1. The van der Waals surface area contributed by atoms with Crippen LogP contribution in [0.1, 0.15) is 5.56 Å². The molecule has 0 saturated carbocycles. The molecular formula is C15H12ClFN2O2. The fourth-order valence-electron chi connectivity index (χ4n) is 1.50. The van der Waals surface area contributed by atoms with E-state index in [0.717, 1.165) is 0 Å². The third kappa shape index (κ3) is 4.89. The number of halogens is 2. The minimum absolute atomic E-state index is 0.270. The van der Waals surface area contributed by atoms with Crippen LogP contribution >= 0.6 is 11.6 Å². The SMILES string of the molecule is O=C(CO/N=C\c1ccccc1F)Nc1ccc(Cl)cc1. The highest BCUT2D eigenvalue weighted by Crippen LogP contribution is 2.13. The molecule has 0 aliphatic rings. The normalized spacial score (nSPS) is 10.6. The predicted octanol–water partition coefficient (Wildman–Crippen LogP) is 3.47. The summed E-state index contributed by atoms with van der Waals surface area (Å²) in [5, 5.41) is 6.74. The molecule has 0 fully saturated rings. The lowest BCUT2D eigenvalue weighted by molar-refractivity contribution is -0.120. The van der Waals surface area contributed by atoms with Gasteiger partial charge in [0.2, 0.25) is 0 Å². The molecule has 0 spiro atoms. The summed E-state index contributed by atoms with van der Waals surface area (Å²) in [6, 6.07) is 12.8. The Kier molecular flexibility index (Phi) is 5.29. The molecule has 2 aromatic rings. The van der Waals surface area contributed by atoms with Gasteiger partial charge in [-0.05, 0) is 30.3 Å². The summed E-state index contributed by atoms with van der Waals surface area (Å²) < 4.78 is 13.3. The van der Waals surface area contributed by atoms with E-state index in [1.807, 2.05) is 0 Å². The number of carbonyl (C=O) groups is 1. The van der Waals surface area contributed by atoms with Crippen LogP contribution in [0, 0.1) is 5.82 Å². The maximum absolute atomic E-state index is 13.3. The number of hydrogen-bond donors (Lipinski definition) is 1. The first-order valence-corrected chi connectivity index (χ1v) is 6.48. The zero-order valence-corrected chi connectivity index (χ0v) is 11.7. The van der Waals surface area contributed by atoms with E-state index < -0.39 is 5.82 Å². The zero-order chi connectivity index (χ0) is 15.1. The number of benzene rings is 2. The van der Waals surface area contributed by atoms with Crippen molar-refractivity contribution < 1.29 is 14.0 Å². The second-order valence-electron chi connectivity index (χ2n) is 4.08. The third-order valence-electron chi connectivity index (χ3n) is 2.50. The maximum Gasteiger partial charge on any atom is 0.265 e. The van der Waals surface area contributed by atoms with Crippen LogP contribution in [0.5, 0.6) is 0 Å². The number of oxime groups is 1. The van der Waals surface area contributed by atoms with Crippen LogP contribution in [0.15, 0.2) is 53.7 Å². The van der Waals surface area contributed by atoms with E-state index in [-0.39, 0.29) is 18.1 Å². The van der Waals surface area contributed by atoms with E-state index >= 15 is 0 Å². The van der Waals surface area contributed by atoms with E-state index in [9.17, 15) is 9.18 Å². The number of nitrogens with one attached hydrogen (secondary N) is 1. The maximum atomic E-state index is 13.3. The van der Waals surface area contributed by atoms with Gasteiger partial charge >= 0.3 is 0 Å². The Morgan fingerprint density at radius 1 is 1.24 bits per heavy atom. The molecule has 0 atom stereocenters. The molecule has 0 bridgehead atoms. The van der Waals surface area contributed by atoms with E-state index in [2.05, 4.69) is 10.5 Å². The van der Waals surface area contributed by atoms with Crippen molar-refractivity contribution in [2.45, 2.75) is 0 Å². The van der Waals surface area contributed by atoms with Gasteiger partial charge < -0.3 is 10.2 Å². The van der Waals surface area contributed by atoms with E-state index in [4.69, 9.17) is 16.4 Å². The average Bonchev–Trinajstić information content (AvgIpc) is 2.48. The van der Waals surface area contributed by atoms with Gasteiger partial charge in [0.25, 0.3) is 5.91 Å². The molecule has 2 aromatic carbocycles. The van der Waals surface area contributed by atoms with Gasteiger partial charge in [-0.15, -0.1) is 0 Å². The Morgan fingerprint density at radius 2 is 1.95 bits per heavy atom. The van der Waals surface area contributed by atoms with Crippen molar-refractivity contribution in [3.8, 4) is 0 Å². The van der Waals surface area contributed by atoms with Crippen molar-refractivity contribution >= 4 is 29.4 Å². The number of rotatable bonds is 5. The third-order valence-corrected chi connectivity index (χ3v) is 2.75. The van der Waals surface area contributed by atoms with Gasteiger partial charge in [0, 0.05) is 16.3 Å².